The molecule has 0 radical (unpaired) electrons. The molecule has 0 bridgehead atoms. The Morgan fingerprint density at radius 1 is 0.960 bits per heavy atom. The van der Waals surface area contributed by atoms with Crippen molar-refractivity contribution in [1.82, 2.24) is 9.78 Å². The van der Waals surface area contributed by atoms with Crippen LogP contribution in [0.5, 0.6) is 11.5 Å². The van der Waals surface area contributed by atoms with Gasteiger partial charge in [-0.05, 0) is 42.0 Å². The summed E-state index contributed by atoms with van der Waals surface area (Å²) in [6.07, 6.45) is 0. The average Bonchev–Trinajstić information content (AvgIpc) is 3.08. The first-order valence-electron chi connectivity index (χ1n) is 7.52. The molecule has 3 aromatic rings. The van der Waals surface area contributed by atoms with E-state index in [4.69, 9.17) is 32.7 Å². The van der Waals surface area contributed by atoms with Gasteiger partial charge in [-0.3, -0.25) is 4.79 Å². The fourth-order valence-corrected chi connectivity index (χ4v) is 2.90. The molecule has 126 valence electrons. The summed E-state index contributed by atoms with van der Waals surface area (Å²) in [5, 5.41) is 5.36. The van der Waals surface area contributed by atoms with Crippen molar-refractivity contribution in [2.24, 2.45) is 0 Å². The van der Waals surface area contributed by atoms with Gasteiger partial charge >= 0.3 is 0 Å². The molecule has 25 heavy (non-hydrogen) atoms. The Morgan fingerprint density at radius 2 is 1.80 bits per heavy atom. The zero-order valence-electron chi connectivity index (χ0n) is 12.9. The van der Waals surface area contributed by atoms with E-state index in [-0.39, 0.29) is 12.4 Å². The molecule has 1 aromatic heterocycles. The van der Waals surface area contributed by atoms with Crippen molar-refractivity contribution in [1.29, 1.82) is 0 Å². The lowest BCUT2D eigenvalue weighted by molar-refractivity contribution is 0.174. The topological polar surface area (TPSA) is 53.4 Å². The average molecular weight is 375 g/mol. The van der Waals surface area contributed by atoms with Crippen molar-refractivity contribution in [3.05, 3.63) is 74.5 Å². The molecule has 5 nitrogen and oxygen atoms in total. The summed E-state index contributed by atoms with van der Waals surface area (Å²) in [6.45, 7) is 0.511. The molecule has 0 saturated heterocycles. The van der Waals surface area contributed by atoms with Crippen LogP contribution < -0.4 is 15.0 Å². The van der Waals surface area contributed by atoms with Gasteiger partial charge in [-0.2, -0.15) is 5.10 Å². The number of fused-ring (bicyclic) bond motifs is 1. The Balaban J connectivity index is 1.69. The number of rotatable bonds is 3. The Labute approximate surface area is 153 Å². The molecule has 0 aliphatic carbocycles. The second kappa shape index (κ2) is 6.43. The Kier molecular flexibility index (Phi) is 4.11. The molecular formula is C18H12Cl2N2O3. The lowest BCUT2D eigenvalue weighted by atomic mass is 10.1. The van der Waals surface area contributed by atoms with Crippen molar-refractivity contribution in [2.45, 2.75) is 6.54 Å². The SMILES string of the molecule is O=c1ccc(-c2ccc3c(c2)OCO3)nn1Cc1ccc(Cl)c(Cl)c1. The summed E-state index contributed by atoms with van der Waals surface area (Å²) in [5.74, 6) is 1.37. The smallest absolute Gasteiger partial charge is 0.267 e. The second-order valence-electron chi connectivity index (χ2n) is 5.53. The summed E-state index contributed by atoms with van der Waals surface area (Å²) in [5.41, 5.74) is 2.15. The molecule has 0 spiro atoms. The first-order chi connectivity index (χ1) is 12.1. The quantitative estimate of drug-likeness (QED) is 0.695. The molecule has 2 heterocycles. The molecule has 0 unspecified atom stereocenters. The predicted molar refractivity (Wildman–Crippen MR) is 95.6 cm³/mol. The molecule has 7 heteroatoms. The highest BCUT2D eigenvalue weighted by molar-refractivity contribution is 6.42. The van der Waals surface area contributed by atoms with Gasteiger partial charge in [0.05, 0.1) is 22.3 Å². The summed E-state index contributed by atoms with van der Waals surface area (Å²) in [7, 11) is 0. The van der Waals surface area contributed by atoms with Gasteiger partial charge in [-0.1, -0.05) is 29.3 Å². The van der Waals surface area contributed by atoms with Crippen LogP contribution >= 0.6 is 23.2 Å². The normalized spacial score (nSPS) is 12.4. The van der Waals surface area contributed by atoms with Gasteiger partial charge in [0.25, 0.3) is 5.56 Å². The zero-order chi connectivity index (χ0) is 17.4. The van der Waals surface area contributed by atoms with E-state index in [1.165, 1.54) is 10.7 Å². The predicted octanol–water partition coefficient (Wildman–Crippen LogP) is 3.99. The van der Waals surface area contributed by atoms with Crippen LogP contribution in [0.3, 0.4) is 0 Å². The minimum absolute atomic E-state index is 0.199. The van der Waals surface area contributed by atoms with E-state index in [0.29, 0.717) is 33.8 Å². The lowest BCUT2D eigenvalue weighted by Gasteiger charge is -2.08. The third kappa shape index (κ3) is 3.21. The Morgan fingerprint density at radius 3 is 2.64 bits per heavy atom. The fourth-order valence-electron chi connectivity index (χ4n) is 2.58. The number of hydrogen-bond donors (Lipinski definition) is 0. The van der Waals surface area contributed by atoms with Gasteiger partial charge in [-0.25, -0.2) is 4.68 Å². The number of aromatic nitrogens is 2. The molecule has 0 fully saturated rings. The maximum Gasteiger partial charge on any atom is 0.267 e. The molecule has 1 aliphatic heterocycles. The van der Waals surface area contributed by atoms with Crippen LogP contribution in [0.2, 0.25) is 10.0 Å². The number of hydrogen-bond acceptors (Lipinski definition) is 4. The van der Waals surface area contributed by atoms with Gasteiger partial charge in [-0.15, -0.1) is 0 Å². The van der Waals surface area contributed by atoms with Gasteiger partial charge in [0.2, 0.25) is 6.79 Å². The third-order valence-electron chi connectivity index (χ3n) is 3.85. The highest BCUT2D eigenvalue weighted by atomic mass is 35.5. The van der Waals surface area contributed by atoms with Crippen LogP contribution in [-0.4, -0.2) is 16.6 Å². The maximum absolute atomic E-state index is 12.1. The van der Waals surface area contributed by atoms with Crippen molar-refractivity contribution in [3.8, 4) is 22.8 Å². The number of halogens is 2. The van der Waals surface area contributed by atoms with E-state index in [0.717, 1.165) is 11.1 Å². The minimum Gasteiger partial charge on any atom is -0.454 e. The largest absolute Gasteiger partial charge is 0.454 e. The van der Waals surface area contributed by atoms with E-state index in [2.05, 4.69) is 5.10 Å². The zero-order valence-corrected chi connectivity index (χ0v) is 14.4. The van der Waals surface area contributed by atoms with Crippen LogP contribution in [0.25, 0.3) is 11.3 Å². The van der Waals surface area contributed by atoms with Gasteiger partial charge < -0.3 is 9.47 Å². The molecule has 0 N–H and O–H groups in total. The first kappa shape index (κ1) is 16.0. The van der Waals surface area contributed by atoms with E-state index in [1.54, 1.807) is 18.2 Å². The molecule has 0 amide bonds. The number of nitrogens with zero attached hydrogens (tertiary/aromatic N) is 2. The first-order valence-corrected chi connectivity index (χ1v) is 8.28. The summed E-state index contributed by atoms with van der Waals surface area (Å²) < 4.78 is 12.1. The summed E-state index contributed by atoms with van der Waals surface area (Å²) in [4.78, 5) is 12.1. The van der Waals surface area contributed by atoms with Crippen LogP contribution in [0.4, 0.5) is 0 Å². The van der Waals surface area contributed by atoms with Crippen molar-refractivity contribution in [3.63, 3.8) is 0 Å². The highest BCUT2D eigenvalue weighted by Crippen LogP contribution is 2.35. The molecule has 2 aromatic carbocycles. The van der Waals surface area contributed by atoms with E-state index in [1.807, 2.05) is 24.3 Å². The van der Waals surface area contributed by atoms with Crippen molar-refractivity contribution >= 4 is 23.2 Å². The molecule has 0 saturated carbocycles. The van der Waals surface area contributed by atoms with Gasteiger partial charge in [0, 0.05) is 11.6 Å². The van der Waals surface area contributed by atoms with E-state index >= 15 is 0 Å². The van der Waals surface area contributed by atoms with Crippen LogP contribution in [0, 0.1) is 0 Å². The van der Waals surface area contributed by atoms with E-state index in [9.17, 15) is 4.79 Å². The number of ether oxygens (including phenoxy) is 2. The van der Waals surface area contributed by atoms with Crippen molar-refractivity contribution < 1.29 is 9.47 Å². The van der Waals surface area contributed by atoms with Crippen LogP contribution in [0.1, 0.15) is 5.56 Å². The monoisotopic (exact) mass is 374 g/mol. The lowest BCUT2D eigenvalue weighted by Crippen LogP contribution is -2.22. The fraction of sp³-hybridized carbons (Fsp3) is 0.111. The van der Waals surface area contributed by atoms with E-state index < -0.39 is 0 Å². The summed E-state index contributed by atoms with van der Waals surface area (Å²) in [6, 6.07) is 14.0. The molecule has 4 rings (SSSR count). The molecule has 0 atom stereocenters. The Bertz CT molecular complexity index is 1020. The maximum atomic E-state index is 12.1. The molecule has 1 aliphatic rings. The highest BCUT2D eigenvalue weighted by Gasteiger charge is 2.15. The third-order valence-corrected chi connectivity index (χ3v) is 4.59. The second-order valence-corrected chi connectivity index (χ2v) is 6.35. The number of benzene rings is 2. The Hall–Kier alpha value is -2.50. The van der Waals surface area contributed by atoms with Crippen LogP contribution in [-0.2, 0) is 6.54 Å². The standard InChI is InChI=1S/C18H12Cl2N2O3/c19-13-3-1-11(7-14(13)20)9-22-18(23)6-4-15(21-22)12-2-5-16-17(8-12)25-10-24-16/h1-8H,9-10H2. The minimum atomic E-state index is -0.199. The van der Waals surface area contributed by atoms with Crippen LogP contribution in [0.15, 0.2) is 53.3 Å². The summed E-state index contributed by atoms with van der Waals surface area (Å²) >= 11 is 12.0. The van der Waals surface area contributed by atoms with Gasteiger partial charge in [0.15, 0.2) is 11.5 Å². The van der Waals surface area contributed by atoms with Crippen molar-refractivity contribution in [2.75, 3.05) is 6.79 Å². The van der Waals surface area contributed by atoms with Gasteiger partial charge in [0.1, 0.15) is 0 Å². The molecular weight excluding hydrogens is 363 g/mol.